The van der Waals surface area contributed by atoms with Crippen LogP contribution in [0.15, 0.2) is 255 Å². The van der Waals surface area contributed by atoms with E-state index in [-0.39, 0.29) is 0 Å². The zero-order chi connectivity index (χ0) is 48.2. The van der Waals surface area contributed by atoms with Crippen LogP contribution < -0.4 is 0 Å². The molecule has 74 heavy (non-hydrogen) atoms. The van der Waals surface area contributed by atoms with Crippen LogP contribution in [0.3, 0.4) is 0 Å². The summed E-state index contributed by atoms with van der Waals surface area (Å²) in [5.41, 5.74) is 17.8. The molecule has 1 aliphatic rings. The van der Waals surface area contributed by atoms with Gasteiger partial charge in [0.2, 0.25) is 0 Å². The summed E-state index contributed by atoms with van der Waals surface area (Å²) in [7, 11) is 0. The Hall–Kier alpha value is -9.62. The Bertz CT molecular complexity index is 5010. The van der Waals surface area contributed by atoms with Crippen molar-refractivity contribution in [3.8, 4) is 77.9 Å². The van der Waals surface area contributed by atoms with Gasteiger partial charge in [-0.2, -0.15) is 0 Å². The number of hydrogen-bond acceptors (Lipinski definition) is 0. The number of hydrogen-bond donors (Lipinski definition) is 0. The van der Waals surface area contributed by atoms with E-state index in [0.29, 0.717) is 0 Å². The second-order valence-corrected chi connectivity index (χ2v) is 20.4. The van der Waals surface area contributed by atoms with Gasteiger partial charge in [0.25, 0.3) is 0 Å². The lowest BCUT2D eigenvalue weighted by Crippen LogP contribution is -1.94. The maximum atomic E-state index is 2.54. The molecule has 16 aromatic carbocycles. The number of benzene rings is 14. The average molecular weight is 931 g/mol. The van der Waals surface area contributed by atoms with Crippen molar-refractivity contribution in [1.29, 1.82) is 0 Å². The zero-order valence-corrected chi connectivity index (χ0v) is 40.2. The number of rotatable bonds is 5. The molecule has 0 saturated carbocycles. The summed E-state index contributed by atoms with van der Waals surface area (Å²) in [5.74, 6) is 0. The third-order valence-electron chi connectivity index (χ3n) is 16.8. The second-order valence-electron chi connectivity index (χ2n) is 20.4. The van der Waals surface area contributed by atoms with E-state index in [0.717, 1.165) is 0 Å². The summed E-state index contributed by atoms with van der Waals surface area (Å²) in [4.78, 5) is 0. The van der Waals surface area contributed by atoms with E-state index in [9.17, 15) is 0 Å². The molecule has 0 spiro atoms. The molecule has 0 bridgehead atoms. The molecule has 0 heterocycles. The van der Waals surface area contributed by atoms with Gasteiger partial charge in [-0.15, -0.1) is 0 Å². The van der Waals surface area contributed by atoms with Crippen LogP contribution in [-0.4, -0.2) is 0 Å². The average Bonchev–Trinajstić information content (AvgIpc) is 4.11. The number of fused-ring (bicyclic) bond motifs is 12. The Kier molecular flexibility index (Phi) is 8.09. The quantitative estimate of drug-likeness (QED) is 0.151. The van der Waals surface area contributed by atoms with Gasteiger partial charge in [-0.3, -0.25) is 0 Å². The molecule has 17 rings (SSSR count). The highest BCUT2D eigenvalue weighted by Gasteiger charge is 2.32. The zero-order valence-electron chi connectivity index (χ0n) is 40.2. The Morgan fingerprint density at radius 3 is 1.23 bits per heavy atom. The molecule has 0 atom stereocenters. The molecule has 0 saturated heterocycles. The molecular weight excluding hydrogens is 889 g/mol. The van der Waals surface area contributed by atoms with E-state index in [1.807, 2.05) is 0 Å². The lowest BCUT2D eigenvalue weighted by Gasteiger charge is -2.21. The van der Waals surface area contributed by atoms with E-state index in [2.05, 4.69) is 255 Å². The molecule has 0 nitrogen and oxygen atoms in total. The first-order valence-electron chi connectivity index (χ1n) is 25.9. The smallest absolute Gasteiger partial charge is 0.000719 e. The van der Waals surface area contributed by atoms with Gasteiger partial charge in [0.1, 0.15) is 0 Å². The predicted octanol–water partition coefficient (Wildman–Crippen LogP) is 20.9. The van der Waals surface area contributed by atoms with Crippen LogP contribution >= 0.6 is 0 Å². The maximum Gasteiger partial charge on any atom is -0.000719 e. The summed E-state index contributed by atoms with van der Waals surface area (Å²) in [5, 5.41) is 23.5. The van der Waals surface area contributed by atoms with E-state index in [1.54, 1.807) is 0 Å². The van der Waals surface area contributed by atoms with Gasteiger partial charge in [0.15, 0.2) is 0 Å². The lowest BCUT2D eigenvalue weighted by atomic mass is 9.81. The highest BCUT2D eigenvalue weighted by molar-refractivity contribution is 6.45. The van der Waals surface area contributed by atoms with Crippen LogP contribution in [0.5, 0.6) is 0 Å². The van der Waals surface area contributed by atoms with Gasteiger partial charge in [-0.05, 0) is 187 Å². The van der Waals surface area contributed by atoms with Crippen molar-refractivity contribution in [3.63, 3.8) is 0 Å². The van der Waals surface area contributed by atoms with Crippen molar-refractivity contribution >= 4 is 97.0 Å². The molecule has 0 N–H and O–H groups in total. The van der Waals surface area contributed by atoms with Crippen LogP contribution in [0.25, 0.3) is 175 Å². The van der Waals surface area contributed by atoms with Crippen molar-refractivity contribution < 1.29 is 0 Å². The standard InChI is InChI=1S/C74H42/c1-5-19-44(20-6-1)64-54-38-37-48(41-60(54)65(45-21-7-2-8-22-45)72-56-34-16-28-43-27-15-33-55(63(43)56)71(64)72)49-39-40-59-68-52(49)31-17-36-58(68)73-66(46-23-9-3-10-24-46)62-42-61-51-30-14-13-29-50(51)53-32-18-35-57(69(53)61)70(62)67(74(59)73)47-25-11-4-12-26-47/h1-42H. The fourth-order valence-electron chi connectivity index (χ4n) is 14.0. The molecule has 1 aliphatic carbocycles. The van der Waals surface area contributed by atoms with Crippen LogP contribution in [0.1, 0.15) is 0 Å². The molecule has 0 amide bonds. The van der Waals surface area contributed by atoms with Crippen LogP contribution in [0, 0.1) is 0 Å². The third-order valence-corrected chi connectivity index (χ3v) is 16.8. The summed E-state index contributed by atoms with van der Waals surface area (Å²) >= 11 is 0. The van der Waals surface area contributed by atoms with Crippen molar-refractivity contribution in [1.82, 2.24) is 0 Å². The predicted molar refractivity (Wildman–Crippen MR) is 318 cm³/mol. The lowest BCUT2D eigenvalue weighted by molar-refractivity contribution is 1.62. The molecule has 16 aromatic rings. The first-order valence-corrected chi connectivity index (χ1v) is 25.9. The van der Waals surface area contributed by atoms with Crippen molar-refractivity contribution in [2.24, 2.45) is 0 Å². The normalized spacial score (nSPS) is 12.3. The van der Waals surface area contributed by atoms with E-state index < -0.39 is 0 Å². The van der Waals surface area contributed by atoms with Gasteiger partial charge < -0.3 is 0 Å². The third kappa shape index (κ3) is 5.26. The van der Waals surface area contributed by atoms with Gasteiger partial charge >= 0.3 is 0 Å². The minimum atomic E-state index is 1.21. The van der Waals surface area contributed by atoms with Crippen molar-refractivity contribution in [2.45, 2.75) is 0 Å². The highest BCUT2D eigenvalue weighted by Crippen LogP contribution is 2.59. The van der Waals surface area contributed by atoms with Crippen LogP contribution in [0.4, 0.5) is 0 Å². The fourth-order valence-corrected chi connectivity index (χ4v) is 14.0. The van der Waals surface area contributed by atoms with Gasteiger partial charge in [-0.1, -0.05) is 243 Å². The van der Waals surface area contributed by atoms with Crippen LogP contribution in [0.2, 0.25) is 0 Å². The first-order chi connectivity index (χ1) is 36.8. The minimum Gasteiger partial charge on any atom is -0.0622 e. The molecule has 0 unspecified atom stereocenters. The molecule has 0 aliphatic heterocycles. The van der Waals surface area contributed by atoms with E-state index >= 15 is 0 Å². The molecule has 0 heteroatoms. The highest BCUT2D eigenvalue weighted by atomic mass is 14.3. The maximum absolute atomic E-state index is 2.54. The Balaban J connectivity index is 1.02. The minimum absolute atomic E-state index is 1.21. The van der Waals surface area contributed by atoms with E-state index in [4.69, 9.17) is 0 Å². The Labute approximate surface area is 427 Å². The SMILES string of the molecule is c1ccc(-c2c3c(c(-c4ccccc4)c4cc(-c5ccc6c7c(-c8ccccc8)c8c(cc9c%10ccccc%10c%10cccc8c%109)c(-c8ccccc8)c7c7cccc5c76)ccc24)-c2cccc4cccc-3c24)cc1. The Morgan fingerprint density at radius 2 is 0.595 bits per heavy atom. The second kappa shape index (κ2) is 15.0. The van der Waals surface area contributed by atoms with Gasteiger partial charge in [-0.25, -0.2) is 0 Å². The summed E-state index contributed by atoms with van der Waals surface area (Å²) < 4.78 is 0. The molecule has 0 aromatic heterocycles. The Morgan fingerprint density at radius 1 is 0.149 bits per heavy atom. The molecule has 338 valence electrons. The van der Waals surface area contributed by atoms with Crippen molar-refractivity contribution in [2.75, 3.05) is 0 Å². The molecule has 0 fully saturated rings. The first kappa shape index (κ1) is 40.0. The summed E-state index contributed by atoms with van der Waals surface area (Å²) in [6, 6.07) is 96.1. The van der Waals surface area contributed by atoms with Gasteiger partial charge in [0.05, 0.1) is 0 Å². The van der Waals surface area contributed by atoms with Crippen LogP contribution in [-0.2, 0) is 0 Å². The van der Waals surface area contributed by atoms with Crippen molar-refractivity contribution in [3.05, 3.63) is 255 Å². The van der Waals surface area contributed by atoms with E-state index in [1.165, 1.54) is 175 Å². The summed E-state index contributed by atoms with van der Waals surface area (Å²) in [6.07, 6.45) is 0. The fraction of sp³-hybridized carbons (Fsp3) is 0. The summed E-state index contributed by atoms with van der Waals surface area (Å²) in [6.45, 7) is 0. The molecule has 0 radical (unpaired) electrons. The topological polar surface area (TPSA) is 0 Å². The van der Waals surface area contributed by atoms with Gasteiger partial charge in [0, 0.05) is 0 Å². The molecular formula is C74H42. The monoisotopic (exact) mass is 930 g/mol. The largest absolute Gasteiger partial charge is 0.0622 e.